The smallest absolute Gasteiger partial charge is 0.118 e. The molecule has 2 unspecified atom stereocenters. The molecule has 1 aromatic carbocycles. The molecule has 0 bridgehead atoms. The first-order valence-electron chi connectivity index (χ1n) is 7.34. The lowest BCUT2D eigenvalue weighted by atomic mass is 9.92. The number of pyridine rings is 1. The lowest BCUT2D eigenvalue weighted by Gasteiger charge is -2.23. The predicted molar refractivity (Wildman–Crippen MR) is 83.1 cm³/mol. The van der Waals surface area contributed by atoms with E-state index in [4.69, 9.17) is 10.6 Å². The highest BCUT2D eigenvalue weighted by Crippen LogP contribution is 2.34. The topological polar surface area (TPSA) is 60.2 Å². The zero-order chi connectivity index (χ0) is 14.7. The molecular formula is C17H21N3O. The van der Waals surface area contributed by atoms with Crippen LogP contribution in [0.1, 0.15) is 29.2 Å². The average Bonchev–Trinajstić information content (AvgIpc) is 2.97. The van der Waals surface area contributed by atoms with Crippen molar-refractivity contribution in [2.24, 2.45) is 5.84 Å². The van der Waals surface area contributed by atoms with E-state index < -0.39 is 0 Å². The lowest BCUT2D eigenvalue weighted by Crippen LogP contribution is -2.41. The van der Waals surface area contributed by atoms with Gasteiger partial charge in [-0.05, 0) is 48.6 Å². The van der Waals surface area contributed by atoms with Crippen LogP contribution in [0.4, 0.5) is 0 Å². The highest BCUT2D eigenvalue weighted by molar-refractivity contribution is 5.32. The van der Waals surface area contributed by atoms with Gasteiger partial charge in [0.1, 0.15) is 5.75 Å². The minimum Gasteiger partial charge on any atom is -0.497 e. The SMILES string of the molecule is COc1ccc(CC(NN)C2CCc3cccnc32)cc1. The Labute approximate surface area is 125 Å². The van der Waals surface area contributed by atoms with Crippen molar-refractivity contribution in [1.29, 1.82) is 0 Å². The molecule has 4 heteroatoms. The Bertz CT molecular complexity index is 597. The van der Waals surface area contributed by atoms with Crippen LogP contribution in [0.2, 0.25) is 0 Å². The number of nitrogens with one attached hydrogen (secondary N) is 1. The maximum Gasteiger partial charge on any atom is 0.118 e. The van der Waals surface area contributed by atoms with Crippen LogP contribution in [0, 0.1) is 0 Å². The molecule has 1 aliphatic carbocycles. The third-order valence-electron chi connectivity index (χ3n) is 4.32. The summed E-state index contributed by atoms with van der Waals surface area (Å²) < 4.78 is 5.20. The van der Waals surface area contributed by atoms with Crippen LogP contribution in [-0.2, 0) is 12.8 Å². The van der Waals surface area contributed by atoms with Gasteiger partial charge in [-0.25, -0.2) is 0 Å². The number of aromatic nitrogens is 1. The Balaban J connectivity index is 1.76. The Hall–Kier alpha value is -1.91. The van der Waals surface area contributed by atoms with E-state index >= 15 is 0 Å². The maximum atomic E-state index is 5.81. The number of rotatable bonds is 5. The van der Waals surface area contributed by atoms with E-state index in [0.29, 0.717) is 5.92 Å². The van der Waals surface area contributed by atoms with Crippen LogP contribution in [0.25, 0.3) is 0 Å². The van der Waals surface area contributed by atoms with Crippen molar-refractivity contribution in [2.75, 3.05) is 7.11 Å². The highest BCUT2D eigenvalue weighted by Gasteiger charge is 2.30. The van der Waals surface area contributed by atoms with Crippen molar-refractivity contribution in [3.63, 3.8) is 0 Å². The first-order valence-corrected chi connectivity index (χ1v) is 7.34. The van der Waals surface area contributed by atoms with Gasteiger partial charge in [0.25, 0.3) is 0 Å². The molecule has 4 nitrogen and oxygen atoms in total. The van der Waals surface area contributed by atoms with E-state index in [-0.39, 0.29) is 6.04 Å². The second-order valence-corrected chi connectivity index (χ2v) is 5.52. The average molecular weight is 283 g/mol. The molecule has 21 heavy (non-hydrogen) atoms. The van der Waals surface area contributed by atoms with E-state index in [0.717, 1.165) is 25.0 Å². The van der Waals surface area contributed by atoms with E-state index in [1.165, 1.54) is 16.8 Å². The summed E-state index contributed by atoms with van der Waals surface area (Å²) in [6, 6.07) is 12.6. The van der Waals surface area contributed by atoms with Crippen molar-refractivity contribution < 1.29 is 4.74 Å². The molecule has 0 spiro atoms. The van der Waals surface area contributed by atoms with Crippen LogP contribution in [-0.4, -0.2) is 18.1 Å². The molecule has 2 aromatic rings. The summed E-state index contributed by atoms with van der Waals surface area (Å²) in [4.78, 5) is 4.56. The summed E-state index contributed by atoms with van der Waals surface area (Å²) in [7, 11) is 1.68. The molecule has 0 aliphatic heterocycles. The van der Waals surface area contributed by atoms with Gasteiger partial charge in [-0.15, -0.1) is 0 Å². The van der Waals surface area contributed by atoms with Crippen molar-refractivity contribution >= 4 is 0 Å². The first-order chi connectivity index (χ1) is 10.3. The van der Waals surface area contributed by atoms with Gasteiger partial charge in [0.15, 0.2) is 0 Å². The van der Waals surface area contributed by atoms with E-state index in [1.807, 2.05) is 24.4 Å². The van der Waals surface area contributed by atoms with Gasteiger partial charge in [-0.3, -0.25) is 16.3 Å². The van der Waals surface area contributed by atoms with Gasteiger partial charge in [-0.2, -0.15) is 0 Å². The van der Waals surface area contributed by atoms with Crippen LogP contribution >= 0.6 is 0 Å². The molecule has 0 saturated carbocycles. The molecule has 1 aliphatic rings. The predicted octanol–water partition coefficient (Wildman–Crippen LogP) is 2.19. The number of methoxy groups -OCH3 is 1. The number of aryl methyl sites for hydroxylation is 1. The Morgan fingerprint density at radius 3 is 2.86 bits per heavy atom. The molecule has 0 saturated heterocycles. The fraction of sp³-hybridized carbons (Fsp3) is 0.353. The van der Waals surface area contributed by atoms with Gasteiger partial charge in [0, 0.05) is 23.9 Å². The van der Waals surface area contributed by atoms with Gasteiger partial charge < -0.3 is 4.74 Å². The van der Waals surface area contributed by atoms with Crippen LogP contribution < -0.4 is 16.0 Å². The van der Waals surface area contributed by atoms with Crippen LogP contribution in [0.5, 0.6) is 5.75 Å². The third-order valence-corrected chi connectivity index (χ3v) is 4.32. The van der Waals surface area contributed by atoms with E-state index in [2.05, 4.69) is 28.6 Å². The molecule has 0 fully saturated rings. The van der Waals surface area contributed by atoms with Crippen LogP contribution in [0.15, 0.2) is 42.6 Å². The second kappa shape index (κ2) is 6.24. The molecule has 1 heterocycles. The zero-order valence-electron chi connectivity index (χ0n) is 12.3. The van der Waals surface area contributed by atoms with Gasteiger partial charge in [0.05, 0.1) is 7.11 Å². The molecule has 0 radical (unpaired) electrons. The lowest BCUT2D eigenvalue weighted by molar-refractivity contribution is 0.413. The number of hydrogen-bond donors (Lipinski definition) is 2. The van der Waals surface area contributed by atoms with Crippen molar-refractivity contribution in [2.45, 2.75) is 31.2 Å². The summed E-state index contributed by atoms with van der Waals surface area (Å²) in [5, 5.41) is 0. The summed E-state index contributed by atoms with van der Waals surface area (Å²) >= 11 is 0. The molecule has 0 amide bonds. The van der Waals surface area contributed by atoms with Gasteiger partial charge in [-0.1, -0.05) is 18.2 Å². The summed E-state index contributed by atoms with van der Waals surface area (Å²) in [6.45, 7) is 0. The molecule has 2 atom stereocenters. The number of fused-ring (bicyclic) bond motifs is 1. The second-order valence-electron chi connectivity index (χ2n) is 5.52. The van der Waals surface area contributed by atoms with Gasteiger partial charge >= 0.3 is 0 Å². The molecule has 3 rings (SSSR count). The fourth-order valence-corrected chi connectivity index (χ4v) is 3.17. The quantitative estimate of drug-likeness (QED) is 0.652. The molecule has 110 valence electrons. The molecule has 3 N–H and O–H groups in total. The van der Waals surface area contributed by atoms with Gasteiger partial charge in [0.2, 0.25) is 0 Å². The van der Waals surface area contributed by atoms with E-state index in [1.54, 1.807) is 7.11 Å². The summed E-state index contributed by atoms with van der Waals surface area (Å²) in [5.74, 6) is 7.07. The van der Waals surface area contributed by atoms with Crippen molar-refractivity contribution in [3.8, 4) is 5.75 Å². The first kappa shape index (κ1) is 14.0. The molecule has 1 aromatic heterocycles. The fourth-order valence-electron chi connectivity index (χ4n) is 3.17. The minimum absolute atomic E-state index is 0.203. The van der Waals surface area contributed by atoms with Crippen molar-refractivity contribution in [1.82, 2.24) is 10.4 Å². The standard InChI is InChI=1S/C17H21N3O/c1-21-14-7-4-12(5-8-14)11-16(20-18)15-9-6-13-3-2-10-19-17(13)15/h2-5,7-8,10,15-16,20H,6,9,11,18H2,1H3. The van der Waals surface area contributed by atoms with Crippen LogP contribution in [0.3, 0.4) is 0 Å². The largest absolute Gasteiger partial charge is 0.497 e. The number of benzene rings is 1. The normalized spacial score (nSPS) is 18.3. The summed E-state index contributed by atoms with van der Waals surface area (Å²) in [6.07, 6.45) is 4.96. The number of hydrogen-bond acceptors (Lipinski definition) is 4. The maximum absolute atomic E-state index is 5.81. The molecular weight excluding hydrogens is 262 g/mol. The van der Waals surface area contributed by atoms with Crippen molar-refractivity contribution in [3.05, 3.63) is 59.4 Å². The number of ether oxygens (including phenoxy) is 1. The number of hydrazine groups is 1. The number of nitrogens with zero attached hydrogens (tertiary/aromatic N) is 1. The Morgan fingerprint density at radius 2 is 2.14 bits per heavy atom. The Kier molecular flexibility index (Phi) is 4.18. The zero-order valence-corrected chi connectivity index (χ0v) is 12.3. The third kappa shape index (κ3) is 2.91. The highest BCUT2D eigenvalue weighted by atomic mass is 16.5. The summed E-state index contributed by atoms with van der Waals surface area (Å²) in [5.41, 5.74) is 6.81. The minimum atomic E-state index is 0.203. The monoisotopic (exact) mass is 283 g/mol. The number of nitrogens with two attached hydrogens (primary N) is 1. The van der Waals surface area contributed by atoms with E-state index in [9.17, 15) is 0 Å². The Morgan fingerprint density at radius 1 is 1.33 bits per heavy atom.